The molecule has 2 N–H and O–H groups in total. The fraction of sp³-hybridized carbons (Fsp3) is 0.576. The maximum absolute atomic E-state index is 12.7. The van der Waals surface area contributed by atoms with Crippen LogP contribution in [-0.4, -0.2) is 63.8 Å². The Morgan fingerprint density at radius 2 is 1.65 bits per heavy atom. The van der Waals surface area contributed by atoms with E-state index in [9.17, 15) is 19.8 Å². The van der Waals surface area contributed by atoms with Crippen LogP contribution in [0.2, 0.25) is 0 Å². The van der Waals surface area contributed by atoms with Gasteiger partial charge >= 0.3 is 5.97 Å². The van der Waals surface area contributed by atoms with Gasteiger partial charge in [0.2, 0.25) is 0 Å². The van der Waals surface area contributed by atoms with Crippen LogP contribution in [0.1, 0.15) is 101 Å². The lowest BCUT2D eigenvalue weighted by Gasteiger charge is -2.55. The van der Waals surface area contributed by atoms with Gasteiger partial charge in [-0.15, -0.1) is 0 Å². The molecule has 1 unspecified atom stereocenters. The second-order valence-corrected chi connectivity index (χ2v) is 13.3. The van der Waals surface area contributed by atoms with Crippen molar-refractivity contribution < 1.29 is 29.3 Å². The molecule has 40 heavy (non-hydrogen) atoms. The minimum atomic E-state index is -1.31. The van der Waals surface area contributed by atoms with Crippen LogP contribution in [0.3, 0.4) is 0 Å². The third-order valence-electron chi connectivity index (χ3n) is 7.87. The number of ketones is 1. The number of nitrogens with zero attached hydrogens (tertiary/aromatic N) is 1. The number of benzene rings is 2. The Labute approximate surface area is 239 Å². The van der Waals surface area contributed by atoms with Gasteiger partial charge in [-0.1, -0.05) is 39.0 Å². The molecule has 1 aliphatic rings. The fourth-order valence-corrected chi connectivity index (χ4v) is 6.01. The first kappa shape index (κ1) is 31.8. The number of hydrogen-bond acceptors (Lipinski definition) is 7. The Morgan fingerprint density at radius 1 is 1.05 bits per heavy atom. The molecule has 0 amide bonds. The number of esters is 1. The first-order valence-corrected chi connectivity index (χ1v) is 14.2. The predicted molar refractivity (Wildman–Crippen MR) is 157 cm³/mol. The highest BCUT2D eigenvalue weighted by Gasteiger charge is 2.46. The van der Waals surface area contributed by atoms with Crippen molar-refractivity contribution in [3.63, 3.8) is 0 Å². The molecule has 220 valence electrons. The number of rotatable bonds is 10. The van der Waals surface area contributed by atoms with Crippen molar-refractivity contribution in [2.24, 2.45) is 0 Å². The molecule has 0 radical (unpaired) electrons. The number of phenols is 1. The highest BCUT2D eigenvalue weighted by atomic mass is 16.5. The zero-order valence-corrected chi connectivity index (χ0v) is 25.4. The molecule has 0 spiro atoms. The van der Waals surface area contributed by atoms with E-state index in [-0.39, 0.29) is 40.9 Å². The number of aryl methyl sites for hydroxylation is 1. The van der Waals surface area contributed by atoms with Crippen LogP contribution in [0.4, 0.5) is 0 Å². The quantitative estimate of drug-likeness (QED) is 0.280. The molecule has 1 saturated heterocycles. The van der Waals surface area contributed by atoms with E-state index in [0.29, 0.717) is 28.9 Å². The van der Waals surface area contributed by atoms with Crippen LogP contribution >= 0.6 is 0 Å². The summed E-state index contributed by atoms with van der Waals surface area (Å²) in [5.74, 6) is -0.508. The lowest BCUT2D eigenvalue weighted by atomic mass is 9.78. The summed E-state index contributed by atoms with van der Waals surface area (Å²) in [6, 6.07) is 12.4. The number of likely N-dealkylation sites (tertiary alicyclic amines) is 1. The first-order valence-electron chi connectivity index (χ1n) is 14.2. The van der Waals surface area contributed by atoms with Crippen molar-refractivity contribution in [3.8, 4) is 5.75 Å². The van der Waals surface area contributed by atoms with Crippen molar-refractivity contribution in [2.75, 3.05) is 19.8 Å². The van der Waals surface area contributed by atoms with Gasteiger partial charge in [-0.05, 0) is 87.4 Å². The Hall–Kier alpha value is -2.74. The number of carbonyl (C=O) groups excluding carboxylic acids is 2. The number of hydrogen-bond donors (Lipinski definition) is 2. The molecule has 0 aliphatic carbocycles. The normalized spacial score (nSPS) is 18.3. The van der Waals surface area contributed by atoms with Crippen LogP contribution in [0.5, 0.6) is 5.75 Å². The molecule has 1 heterocycles. The molecule has 2 aromatic carbocycles. The van der Waals surface area contributed by atoms with Gasteiger partial charge < -0.3 is 19.7 Å². The van der Waals surface area contributed by atoms with E-state index in [2.05, 4.69) is 32.6 Å². The van der Waals surface area contributed by atoms with E-state index < -0.39 is 11.9 Å². The fourth-order valence-electron chi connectivity index (χ4n) is 6.01. The van der Waals surface area contributed by atoms with E-state index in [4.69, 9.17) is 9.47 Å². The standard InChI is InChI=1S/C33H47NO6/c1-22-17-24(18-26(28(22)36)31(2,3)4)29(37)27(35)21-39-16-12-15-34-32(5,6)19-25(20-33(34,7)8)40-30(38)23-13-10-9-11-14-23/h9-11,13-14,17-18,25,29,36-37H,12,15-16,19-21H2,1-8H3. The molecule has 1 aliphatic heterocycles. The average molecular weight is 554 g/mol. The third-order valence-corrected chi connectivity index (χ3v) is 7.87. The van der Waals surface area contributed by atoms with Gasteiger partial charge in [0.15, 0.2) is 5.78 Å². The maximum atomic E-state index is 12.7. The Balaban J connectivity index is 1.51. The monoisotopic (exact) mass is 553 g/mol. The number of aliphatic hydroxyl groups is 1. The molecule has 2 aromatic rings. The number of phenolic OH excluding ortho intramolecular Hbond substituents is 1. The SMILES string of the molecule is Cc1cc(C(O)C(=O)COCCCN2C(C)(C)CC(OC(=O)c3ccccc3)CC2(C)C)cc(C(C)(C)C)c1O. The molecule has 1 atom stereocenters. The predicted octanol–water partition coefficient (Wildman–Crippen LogP) is 5.89. The summed E-state index contributed by atoms with van der Waals surface area (Å²) < 4.78 is 11.6. The van der Waals surface area contributed by atoms with Crippen molar-refractivity contribution in [2.45, 2.75) is 103 Å². The maximum Gasteiger partial charge on any atom is 0.338 e. The van der Waals surface area contributed by atoms with Gasteiger partial charge in [-0.3, -0.25) is 9.69 Å². The van der Waals surface area contributed by atoms with E-state index in [1.165, 1.54) is 0 Å². The average Bonchev–Trinajstić information content (AvgIpc) is 2.85. The Bertz CT molecular complexity index is 1160. The minimum Gasteiger partial charge on any atom is -0.507 e. The van der Waals surface area contributed by atoms with Crippen LogP contribution in [0, 0.1) is 6.92 Å². The summed E-state index contributed by atoms with van der Waals surface area (Å²) in [7, 11) is 0. The smallest absolute Gasteiger partial charge is 0.338 e. The van der Waals surface area contributed by atoms with Crippen LogP contribution in [0.15, 0.2) is 42.5 Å². The number of aliphatic hydroxyl groups excluding tert-OH is 1. The number of piperidine rings is 1. The van der Waals surface area contributed by atoms with Gasteiger partial charge in [-0.25, -0.2) is 4.79 Å². The van der Waals surface area contributed by atoms with Crippen LogP contribution in [-0.2, 0) is 19.7 Å². The lowest BCUT2D eigenvalue weighted by Crippen LogP contribution is -2.62. The lowest BCUT2D eigenvalue weighted by molar-refractivity contribution is -0.132. The first-order chi connectivity index (χ1) is 18.5. The van der Waals surface area contributed by atoms with Crippen molar-refractivity contribution in [1.29, 1.82) is 0 Å². The van der Waals surface area contributed by atoms with Gasteiger partial charge in [-0.2, -0.15) is 0 Å². The molecular weight excluding hydrogens is 506 g/mol. The van der Waals surface area contributed by atoms with E-state index in [1.54, 1.807) is 31.2 Å². The van der Waals surface area contributed by atoms with Crippen LogP contribution < -0.4 is 0 Å². The zero-order valence-electron chi connectivity index (χ0n) is 25.4. The number of carbonyl (C=O) groups is 2. The Kier molecular flexibility index (Phi) is 9.86. The van der Waals surface area contributed by atoms with Crippen molar-refractivity contribution in [3.05, 3.63) is 64.7 Å². The molecule has 0 aromatic heterocycles. The minimum absolute atomic E-state index is 0.174. The number of ether oxygens (including phenoxy) is 2. The van der Waals surface area contributed by atoms with Crippen molar-refractivity contribution in [1.82, 2.24) is 4.90 Å². The van der Waals surface area contributed by atoms with E-state index in [0.717, 1.165) is 25.8 Å². The second kappa shape index (κ2) is 12.4. The molecular formula is C33H47NO6. The highest BCUT2D eigenvalue weighted by Crippen LogP contribution is 2.40. The Morgan fingerprint density at radius 3 is 2.23 bits per heavy atom. The number of Topliss-reactive ketones (excluding diaryl/α,β-unsaturated/α-hetero) is 1. The molecule has 7 heteroatoms. The number of aromatic hydroxyl groups is 1. The summed E-state index contributed by atoms with van der Waals surface area (Å²) in [4.78, 5) is 27.8. The summed E-state index contributed by atoms with van der Waals surface area (Å²) in [6.45, 7) is 17.3. The molecule has 1 fully saturated rings. The van der Waals surface area contributed by atoms with Gasteiger partial charge in [0.25, 0.3) is 0 Å². The zero-order chi connectivity index (χ0) is 29.9. The summed E-state index contributed by atoms with van der Waals surface area (Å²) in [6.07, 6.45) is 0.686. The topological polar surface area (TPSA) is 96.3 Å². The second-order valence-electron chi connectivity index (χ2n) is 13.3. The van der Waals surface area contributed by atoms with Crippen molar-refractivity contribution >= 4 is 11.8 Å². The summed E-state index contributed by atoms with van der Waals surface area (Å²) in [5.41, 5.74) is 1.62. The van der Waals surface area contributed by atoms with Gasteiger partial charge in [0.1, 0.15) is 24.6 Å². The molecule has 7 nitrogen and oxygen atoms in total. The largest absolute Gasteiger partial charge is 0.507 e. The molecule has 0 bridgehead atoms. The van der Waals surface area contributed by atoms with E-state index >= 15 is 0 Å². The molecule has 3 rings (SSSR count). The summed E-state index contributed by atoms with van der Waals surface area (Å²) >= 11 is 0. The third kappa shape index (κ3) is 7.71. The molecule has 0 saturated carbocycles. The van der Waals surface area contributed by atoms with Crippen LogP contribution in [0.25, 0.3) is 0 Å². The van der Waals surface area contributed by atoms with Gasteiger partial charge in [0.05, 0.1) is 5.56 Å². The summed E-state index contributed by atoms with van der Waals surface area (Å²) in [5, 5.41) is 21.1. The van der Waals surface area contributed by atoms with E-state index in [1.807, 2.05) is 39.0 Å². The van der Waals surface area contributed by atoms with Gasteiger partial charge in [0, 0.05) is 37.1 Å². The highest BCUT2D eigenvalue weighted by molar-refractivity contribution is 5.89.